The van der Waals surface area contributed by atoms with E-state index in [1.165, 1.54) is 0 Å². The van der Waals surface area contributed by atoms with E-state index < -0.39 is 0 Å². The second-order valence-corrected chi connectivity index (χ2v) is 4.24. The molecule has 18 heavy (non-hydrogen) atoms. The van der Waals surface area contributed by atoms with Crippen molar-refractivity contribution in [3.05, 3.63) is 0 Å². The lowest BCUT2D eigenvalue weighted by Gasteiger charge is -2.10. The van der Waals surface area contributed by atoms with Crippen LogP contribution in [0.25, 0.3) is 0 Å². The van der Waals surface area contributed by atoms with E-state index in [9.17, 15) is 4.79 Å². The minimum absolute atomic E-state index is 0.161. The first-order valence-corrected chi connectivity index (χ1v) is 6.53. The highest BCUT2D eigenvalue weighted by Crippen LogP contribution is 2.11. The Bertz CT molecular complexity index is 220. The molecule has 0 bridgehead atoms. The summed E-state index contributed by atoms with van der Waals surface area (Å²) in [6.45, 7) is 3.84. The molecule has 1 unspecified atom stereocenters. The SMILES string of the molecule is COCCNC(=O)NCCCOCC1CCCO1. The van der Waals surface area contributed by atoms with Gasteiger partial charge in [-0.1, -0.05) is 0 Å². The van der Waals surface area contributed by atoms with Crippen LogP contribution in [0.3, 0.4) is 0 Å². The Hall–Kier alpha value is -0.850. The quantitative estimate of drug-likeness (QED) is 0.593. The Morgan fingerprint density at radius 1 is 1.33 bits per heavy atom. The molecule has 1 rings (SSSR count). The summed E-state index contributed by atoms with van der Waals surface area (Å²) >= 11 is 0. The number of amides is 2. The summed E-state index contributed by atoms with van der Waals surface area (Å²) in [6.07, 6.45) is 3.32. The molecule has 0 spiro atoms. The molecule has 6 nitrogen and oxygen atoms in total. The molecule has 1 fully saturated rings. The number of hydrogen-bond acceptors (Lipinski definition) is 4. The molecule has 1 saturated heterocycles. The van der Waals surface area contributed by atoms with Crippen molar-refractivity contribution in [2.24, 2.45) is 0 Å². The van der Waals surface area contributed by atoms with Crippen LogP contribution in [0.5, 0.6) is 0 Å². The van der Waals surface area contributed by atoms with Crippen molar-refractivity contribution in [1.82, 2.24) is 10.6 Å². The average molecular weight is 260 g/mol. The summed E-state index contributed by atoms with van der Waals surface area (Å²) in [5.74, 6) is 0. The van der Waals surface area contributed by atoms with Gasteiger partial charge in [0.2, 0.25) is 0 Å². The van der Waals surface area contributed by atoms with Crippen molar-refractivity contribution in [3.63, 3.8) is 0 Å². The van der Waals surface area contributed by atoms with E-state index in [-0.39, 0.29) is 12.1 Å². The minimum atomic E-state index is -0.161. The van der Waals surface area contributed by atoms with E-state index >= 15 is 0 Å². The summed E-state index contributed by atoms with van der Waals surface area (Å²) in [5.41, 5.74) is 0. The van der Waals surface area contributed by atoms with Gasteiger partial charge in [0.1, 0.15) is 0 Å². The lowest BCUT2D eigenvalue weighted by atomic mass is 10.2. The van der Waals surface area contributed by atoms with Gasteiger partial charge in [-0.3, -0.25) is 0 Å². The first kappa shape index (κ1) is 15.2. The minimum Gasteiger partial charge on any atom is -0.383 e. The highest BCUT2D eigenvalue weighted by Gasteiger charge is 2.14. The van der Waals surface area contributed by atoms with Gasteiger partial charge < -0.3 is 24.8 Å². The zero-order chi connectivity index (χ0) is 13.1. The third-order valence-corrected chi connectivity index (χ3v) is 2.67. The van der Waals surface area contributed by atoms with Gasteiger partial charge in [-0.2, -0.15) is 0 Å². The number of hydrogen-bond donors (Lipinski definition) is 2. The van der Waals surface area contributed by atoms with Crippen LogP contribution in [0, 0.1) is 0 Å². The number of methoxy groups -OCH3 is 1. The van der Waals surface area contributed by atoms with Crippen molar-refractivity contribution < 1.29 is 19.0 Å². The van der Waals surface area contributed by atoms with Gasteiger partial charge in [-0.15, -0.1) is 0 Å². The first-order valence-electron chi connectivity index (χ1n) is 6.53. The second kappa shape index (κ2) is 10.1. The van der Waals surface area contributed by atoms with Gasteiger partial charge in [0, 0.05) is 33.4 Å². The van der Waals surface area contributed by atoms with Crippen molar-refractivity contribution in [3.8, 4) is 0 Å². The van der Waals surface area contributed by atoms with Crippen LogP contribution in [0.15, 0.2) is 0 Å². The number of carbonyl (C=O) groups is 1. The van der Waals surface area contributed by atoms with Crippen LogP contribution < -0.4 is 10.6 Å². The molecule has 0 aliphatic carbocycles. The van der Waals surface area contributed by atoms with Crippen molar-refractivity contribution in [2.75, 3.05) is 46.6 Å². The standard InChI is InChI=1S/C12H24N2O4/c1-16-9-6-14-12(15)13-5-3-7-17-10-11-4-2-8-18-11/h11H,2-10H2,1H3,(H2,13,14,15). The largest absolute Gasteiger partial charge is 0.383 e. The van der Waals surface area contributed by atoms with Crippen LogP contribution in [0.4, 0.5) is 4.79 Å². The topological polar surface area (TPSA) is 68.8 Å². The Morgan fingerprint density at radius 3 is 2.89 bits per heavy atom. The number of urea groups is 1. The monoisotopic (exact) mass is 260 g/mol. The van der Waals surface area contributed by atoms with Crippen LogP contribution in [0.1, 0.15) is 19.3 Å². The third kappa shape index (κ3) is 7.47. The van der Waals surface area contributed by atoms with Crippen molar-refractivity contribution in [2.45, 2.75) is 25.4 Å². The van der Waals surface area contributed by atoms with E-state index in [2.05, 4.69) is 10.6 Å². The van der Waals surface area contributed by atoms with E-state index in [4.69, 9.17) is 14.2 Å². The number of carbonyl (C=O) groups excluding carboxylic acids is 1. The normalized spacial score (nSPS) is 18.8. The van der Waals surface area contributed by atoms with Crippen LogP contribution in [-0.4, -0.2) is 58.8 Å². The molecule has 1 atom stereocenters. The Morgan fingerprint density at radius 2 is 2.17 bits per heavy atom. The number of ether oxygens (including phenoxy) is 3. The maximum absolute atomic E-state index is 11.2. The molecule has 2 N–H and O–H groups in total. The van der Waals surface area contributed by atoms with Gasteiger partial charge in [0.25, 0.3) is 0 Å². The fraction of sp³-hybridized carbons (Fsp3) is 0.917. The Balaban J connectivity index is 1.81. The molecule has 1 aliphatic heterocycles. The van der Waals surface area contributed by atoms with E-state index in [0.29, 0.717) is 32.9 Å². The van der Waals surface area contributed by atoms with Gasteiger partial charge >= 0.3 is 6.03 Å². The van der Waals surface area contributed by atoms with Crippen LogP contribution in [0.2, 0.25) is 0 Å². The first-order chi connectivity index (χ1) is 8.83. The zero-order valence-electron chi connectivity index (χ0n) is 11.1. The predicted octanol–water partition coefficient (Wildman–Crippen LogP) is 0.518. The molecule has 0 aromatic carbocycles. The molecule has 1 heterocycles. The van der Waals surface area contributed by atoms with Gasteiger partial charge in [0.15, 0.2) is 0 Å². The molecule has 0 radical (unpaired) electrons. The van der Waals surface area contributed by atoms with E-state index in [0.717, 1.165) is 25.9 Å². The maximum atomic E-state index is 11.2. The zero-order valence-corrected chi connectivity index (χ0v) is 11.1. The lowest BCUT2D eigenvalue weighted by molar-refractivity contribution is 0.0168. The highest BCUT2D eigenvalue weighted by atomic mass is 16.5. The fourth-order valence-corrected chi connectivity index (χ4v) is 1.70. The average Bonchev–Trinajstić information content (AvgIpc) is 2.87. The summed E-state index contributed by atoms with van der Waals surface area (Å²) < 4.78 is 15.7. The smallest absolute Gasteiger partial charge is 0.314 e. The molecule has 106 valence electrons. The fourth-order valence-electron chi connectivity index (χ4n) is 1.70. The molecule has 2 amide bonds. The van der Waals surface area contributed by atoms with E-state index in [1.807, 2.05) is 0 Å². The number of nitrogens with one attached hydrogen (secondary N) is 2. The van der Waals surface area contributed by atoms with E-state index in [1.54, 1.807) is 7.11 Å². The second-order valence-electron chi connectivity index (χ2n) is 4.24. The summed E-state index contributed by atoms with van der Waals surface area (Å²) in [7, 11) is 1.60. The van der Waals surface area contributed by atoms with Gasteiger partial charge in [-0.05, 0) is 19.3 Å². The summed E-state index contributed by atoms with van der Waals surface area (Å²) in [6, 6.07) is -0.161. The molecule has 1 aliphatic rings. The van der Waals surface area contributed by atoms with Crippen LogP contribution in [-0.2, 0) is 14.2 Å². The number of rotatable bonds is 9. The molecular formula is C12H24N2O4. The summed E-state index contributed by atoms with van der Waals surface area (Å²) in [5, 5.41) is 5.44. The molecule has 0 aromatic rings. The lowest BCUT2D eigenvalue weighted by Crippen LogP contribution is -2.37. The van der Waals surface area contributed by atoms with Crippen molar-refractivity contribution >= 4 is 6.03 Å². The van der Waals surface area contributed by atoms with Crippen LogP contribution >= 0.6 is 0 Å². The van der Waals surface area contributed by atoms with Gasteiger partial charge in [0.05, 0.1) is 19.3 Å². The molecule has 0 aromatic heterocycles. The Labute approximate surface area is 108 Å². The summed E-state index contributed by atoms with van der Waals surface area (Å²) in [4.78, 5) is 11.2. The van der Waals surface area contributed by atoms with Gasteiger partial charge in [-0.25, -0.2) is 4.79 Å². The predicted molar refractivity (Wildman–Crippen MR) is 67.7 cm³/mol. The third-order valence-electron chi connectivity index (χ3n) is 2.67. The molecular weight excluding hydrogens is 236 g/mol. The molecule has 0 saturated carbocycles. The highest BCUT2D eigenvalue weighted by molar-refractivity contribution is 5.73. The van der Waals surface area contributed by atoms with Crippen molar-refractivity contribution in [1.29, 1.82) is 0 Å². The molecule has 6 heteroatoms. The maximum Gasteiger partial charge on any atom is 0.314 e. The Kier molecular flexibility index (Phi) is 8.54.